The Morgan fingerprint density at radius 1 is 1.50 bits per heavy atom. The van der Waals surface area contributed by atoms with E-state index in [0.29, 0.717) is 23.6 Å². The van der Waals surface area contributed by atoms with Gasteiger partial charge in [0.15, 0.2) is 6.23 Å². The van der Waals surface area contributed by atoms with Crippen LogP contribution in [0.15, 0.2) is 5.38 Å². The van der Waals surface area contributed by atoms with Crippen LogP contribution in [0.1, 0.15) is 34.1 Å². The Kier molecular flexibility index (Phi) is 3.26. The molecule has 1 atom stereocenters. The number of nitrogens with one attached hydrogen (secondary N) is 2. The van der Waals surface area contributed by atoms with Gasteiger partial charge in [-0.25, -0.2) is 4.90 Å². The minimum atomic E-state index is -0.716. The molecule has 20 heavy (non-hydrogen) atoms. The van der Waals surface area contributed by atoms with E-state index in [-0.39, 0.29) is 11.5 Å². The molecule has 3 heterocycles. The summed E-state index contributed by atoms with van der Waals surface area (Å²) in [6.07, 6.45) is -0.334. The Bertz CT molecular complexity index is 593. The fourth-order valence-corrected chi connectivity index (χ4v) is 3.09. The Morgan fingerprint density at radius 2 is 2.30 bits per heavy atom. The molecule has 2 N–H and O–H groups in total. The van der Waals surface area contributed by atoms with Gasteiger partial charge in [-0.2, -0.15) is 0 Å². The number of amides is 3. The molecule has 1 fully saturated rings. The third kappa shape index (κ3) is 2.00. The Morgan fingerprint density at radius 3 is 2.95 bits per heavy atom. The zero-order chi connectivity index (χ0) is 14.3. The maximum Gasteiger partial charge on any atom is 0.266 e. The fourth-order valence-electron chi connectivity index (χ4n) is 2.12. The highest BCUT2D eigenvalue weighted by Gasteiger charge is 2.44. The first kappa shape index (κ1) is 13.2. The molecule has 1 aromatic heterocycles. The van der Waals surface area contributed by atoms with Gasteiger partial charge in [-0.15, -0.1) is 11.3 Å². The van der Waals surface area contributed by atoms with Crippen LogP contribution in [-0.4, -0.2) is 35.5 Å². The number of rotatable bonds is 2. The van der Waals surface area contributed by atoms with Crippen molar-refractivity contribution >= 4 is 34.1 Å². The highest BCUT2D eigenvalue weighted by Crippen LogP contribution is 2.36. The van der Waals surface area contributed by atoms with Gasteiger partial charge in [-0.1, -0.05) is 5.64 Å². The number of nitrogens with zero attached hydrogens (tertiary/aromatic N) is 1. The molecule has 9 heteroatoms. The normalized spacial score (nSPS) is 22.1. The lowest BCUT2D eigenvalue weighted by atomic mass is 10.2. The number of carbonyl (C=O) groups is 3. The number of fused-ring (bicyclic) bond motifs is 1. The summed E-state index contributed by atoms with van der Waals surface area (Å²) in [5.74, 6) is -1.19. The number of carbonyl (C=O) groups excluding carboxylic acids is 3. The molecule has 0 aliphatic carbocycles. The number of hydrogen-bond donors (Lipinski definition) is 2. The van der Waals surface area contributed by atoms with Crippen molar-refractivity contribution in [2.75, 3.05) is 11.9 Å². The lowest BCUT2D eigenvalue weighted by Crippen LogP contribution is -2.47. The van der Waals surface area contributed by atoms with Gasteiger partial charge in [0.25, 0.3) is 11.8 Å². The lowest BCUT2D eigenvalue weighted by molar-refractivity contribution is -0.259. The van der Waals surface area contributed by atoms with Crippen molar-refractivity contribution in [1.29, 1.82) is 0 Å². The molecule has 1 aromatic rings. The van der Waals surface area contributed by atoms with Crippen LogP contribution >= 0.6 is 11.3 Å². The predicted octanol–water partition coefficient (Wildman–Crippen LogP) is 0.485. The second kappa shape index (κ2) is 4.94. The van der Waals surface area contributed by atoms with Crippen LogP contribution in [0.2, 0.25) is 0 Å². The topological polar surface area (TPSA) is 97.0 Å². The van der Waals surface area contributed by atoms with E-state index in [9.17, 15) is 14.4 Å². The predicted molar refractivity (Wildman–Crippen MR) is 67.7 cm³/mol. The molecular formula is C11H11N3O5S. The van der Waals surface area contributed by atoms with Crippen LogP contribution in [0.5, 0.6) is 0 Å². The smallest absolute Gasteiger partial charge is 0.266 e. The van der Waals surface area contributed by atoms with Crippen LogP contribution in [0.25, 0.3) is 0 Å². The molecule has 2 aliphatic heterocycles. The minimum Gasteiger partial charge on any atom is -0.317 e. The maximum atomic E-state index is 12.4. The molecule has 0 bridgehead atoms. The number of hydrogen-bond acceptors (Lipinski definition) is 7. The van der Waals surface area contributed by atoms with Crippen molar-refractivity contribution in [2.45, 2.75) is 19.6 Å². The molecule has 8 nitrogen and oxygen atoms in total. The van der Waals surface area contributed by atoms with E-state index in [4.69, 9.17) is 9.68 Å². The first-order valence-corrected chi connectivity index (χ1v) is 6.77. The van der Waals surface area contributed by atoms with Gasteiger partial charge in [0.2, 0.25) is 5.91 Å². The Labute approximate surface area is 117 Å². The van der Waals surface area contributed by atoms with E-state index in [1.807, 2.05) is 0 Å². The van der Waals surface area contributed by atoms with E-state index in [1.54, 1.807) is 5.38 Å². The first-order valence-electron chi connectivity index (χ1n) is 5.89. The van der Waals surface area contributed by atoms with Crippen molar-refractivity contribution in [1.82, 2.24) is 10.5 Å². The average molecular weight is 297 g/mol. The van der Waals surface area contributed by atoms with Crippen molar-refractivity contribution in [3.63, 3.8) is 0 Å². The Balaban J connectivity index is 1.91. The van der Waals surface area contributed by atoms with Gasteiger partial charge < -0.3 is 5.32 Å². The zero-order valence-electron chi connectivity index (χ0n) is 10.5. The van der Waals surface area contributed by atoms with Crippen LogP contribution in [-0.2, 0) is 14.5 Å². The molecule has 106 valence electrons. The highest BCUT2D eigenvalue weighted by atomic mass is 32.1. The summed E-state index contributed by atoms with van der Waals surface area (Å²) in [6, 6.07) is 0. The molecule has 0 aromatic carbocycles. The van der Waals surface area contributed by atoms with E-state index >= 15 is 0 Å². The Hall–Kier alpha value is -1.81. The van der Waals surface area contributed by atoms with Crippen LogP contribution in [0.3, 0.4) is 0 Å². The molecule has 3 rings (SSSR count). The maximum absolute atomic E-state index is 12.4. The van der Waals surface area contributed by atoms with Gasteiger partial charge in [0, 0.05) is 18.7 Å². The molecule has 1 unspecified atom stereocenters. The van der Waals surface area contributed by atoms with Crippen molar-refractivity contribution < 1.29 is 24.1 Å². The highest BCUT2D eigenvalue weighted by molar-refractivity contribution is 7.15. The van der Waals surface area contributed by atoms with Crippen LogP contribution in [0, 0.1) is 0 Å². The zero-order valence-corrected chi connectivity index (χ0v) is 11.3. The van der Waals surface area contributed by atoms with Gasteiger partial charge in [0.1, 0.15) is 5.00 Å². The number of imide groups is 1. The first-order chi connectivity index (χ1) is 9.59. The van der Waals surface area contributed by atoms with Crippen molar-refractivity contribution in [3.8, 4) is 0 Å². The molecule has 0 spiro atoms. The molecule has 1 saturated heterocycles. The lowest BCUT2D eigenvalue weighted by Gasteiger charge is -2.28. The van der Waals surface area contributed by atoms with Gasteiger partial charge in [0.05, 0.1) is 17.7 Å². The fraction of sp³-hybridized carbons (Fsp3) is 0.364. The van der Waals surface area contributed by atoms with E-state index in [2.05, 4.69) is 11.0 Å². The van der Waals surface area contributed by atoms with Gasteiger partial charge >= 0.3 is 0 Å². The molecule has 3 amide bonds. The van der Waals surface area contributed by atoms with Crippen molar-refractivity contribution in [2.24, 2.45) is 0 Å². The minimum absolute atomic E-state index is 0.227. The summed E-state index contributed by atoms with van der Waals surface area (Å²) < 4.78 is 0. The van der Waals surface area contributed by atoms with Gasteiger partial charge in [-0.05, 0) is 0 Å². The van der Waals surface area contributed by atoms with Crippen LogP contribution in [0.4, 0.5) is 5.00 Å². The largest absolute Gasteiger partial charge is 0.317 e. The monoisotopic (exact) mass is 297 g/mol. The number of thiophene rings is 1. The summed E-state index contributed by atoms with van der Waals surface area (Å²) in [6.45, 7) is 1.67. The molecular weight excluding hydrogens is 286 g/mol. The third-order valence-electron chi connectivity index (χ3n) is 2.96. The van der Waals surface area contributed by atoms with E-state index in [0.717, 1.165) is 16.2 Å². The summed E-state index contributed by atoms with van der Waals surface area (Å²) in [7, 11) is 0. The van der Waals surface area contributed by atoms with E-state index in [1.165, 1.54) is 6.92 Å². The van der Waals surface area contributed by atoms with Crippen LogP contribution < -0.4 is 11.0 Å². The average Bonchev–Trinajstić information content (AvgIpc) is 2.92. The second-order valence-corrected chi connectivity index (χ2v) is 5.19. The summed E-state index contributed by atoms with van der Waals surface area (Å²) >= 11 is 1.16. The summed E-state index contributed by atoms with van der Waals surface area (Å²) in [5.41, 5.74) is 2.72. The van der Waals surface area contributed by atoms with Crippen molar-refractivity contribution in [3.05, 3.63) is 16.5 Å². The summed E-state index contributed by atoms with van der Waals surface area (Å²) in [5, 5.41) is 4.50. The number of anilines is 1. The molecule has 0 saturated carbocycles. The quantitative estimate of drug-likeness (QED) is 0.771. The molecule has 0 radical (unpaired) electrons. The van der Waals surface area contributed by atoms with Gasteiger partial charge in [-0.3, -0.25) is 24.1 Å². The second-order valence-electron chi connectivity index (χ2n) is 4.31. The van der Waals surface area contributed by atoms with E-state index < -0.39 is 18.0 Å². The third-order valence-corrected chi connectivity index (χ3v) is 3.86. The SMILES string of the molecule is CC(=O)Nc1scc2c1C(=O)N(C1CCONO1)C2=O. The summed E-state index contributed by atoms with van der Waals surface area (Å²) in [4.78, 5) is 46.6. The molecule has 2 aliphatic rings. The standard InChI is InChI=1S/C11H11N3O5S/c1-5(15)12-9-8-6(4-20-9)10(16)14(11(8)17)7-2-3-18-13-19-7/h4,7,13H,2-3H2,1H3,(H,12,15).